The number of benzene rings is 1. The van der Waals surface area contributed by atoms with Crippen LogP contribution in [-0.4, -0.2) is 48.1 Å². The van der Waals surface area contributed by atoms with Crippen LogP contribution >= 0.6 is 0 Å². The summed E-state index contributed by atoms with van der Waals surface area (Å²) in [5.41, 5.74) is 1.45. The predicted molar refractivity (Wildman–Crippen MR) is 102 cm³/mol. The molecular formula is C19H37N2Si+. The standard InChI is InChI=1S/C19H37N2Si/c1-21(2,17-19-13-9-8-10-14-19)16-12-7-5-3-4-6-11-15-20-18-22/h8-10,13-14,20H,3-7,11-12,15-18H2,1-2,22H3/q+1. The molecule has 1 N–H and O–H groups in total. The first-order chi connectivity index (χ1) is 10.6. The molecule has 0 bridgehead atoms. The highest BCUT2D eigenvalue weighted by molar-refractivity contribution is 6.08. The molecule has 0 atom stereocenters. The third-order valence-electron chi connectivity index (χ3n) is 4.32. The maximum absolute atomic E-state index is 3.46. The summed E-state index contributed by atoms with van der Waals surface area (Å²) >= 11 is 0. The van der Waals surface area contributed by atoms with E-state index < -0.39 is 0 Å². The lowest BCUT2D eigenvalue weighted by Crippen LogP contribution is -2.39. The van der Waals surface area contributed by atoms with Gasteiger partial charge in [-0.1, -0.05) is 56.0 Å². The molecule has 0 aliphatic carbocycles. The second-order valence-electron chi connectivity index (χ2n) is 7.13. The van der Waals surface area contributed by atoms with E-state index in [0.717, 1.165) is 11.0 Å². The second-order valence-corrected chi connectivity index (χ2v) is 7.84. The van der Waals surface area contributed by atoms with Crippen molar-refractivity contribution >= 4 is 10.2 Å². The smallest absolute Gasteiger partial charge is 0.104 e. The molecule has 3 heteroatoms. The molecule has 0 saturated carbocycles. The Kier molecular flexibility index (Phi) is 10.5. The molecule has 126 valence electrons. The molecule has 1 rings (SSSR count). The molecule has 1 aromatic rings. The number of nitrogens with one attached hydrogen (secondary N) is 1. The van der Waals surface area contributed by atoms with Crippen LogP contribution in [0.4, 0.5) is 0 Å². The quantitative estimate of drug-likeness (QED) is 0.335. The monoisotopic (exact) mass is 321 g/mol. The number of quaternary nitrogens is 1. The van der Waals surface area contributed by atoms with Crippen LogP contribution in [-0.2, 0) is 6.54 Å². The molecule has 0 fully saturated rings. The van der Waals surface area contributed by atoms with Crippen molar-refractivity contribution in [1.29, 1.82) is 0 Å². The van der Waals surface area contributed by atoms with E-state index in [2.05, 4.69) is 49.7 Å². The highest BCUT2D eigenvalue weighted by atomic mass is 28.1. The zero-order valence-electron chi connectivity index (χ0n) is 15.1. The van der Waals surface area contributed by atoms with Crippen LogP contribution in [0.3, 0.4) is 0 Å². The van der Waals surface area contributed by atoms with Crippen molar-refractivity contribution in [2.24, 2.45) is 0 Å². The third kappa shape index (κ3) is 10.1. The van der Waals surface area contributed by atoms with Crippen molar-refractivity contribution in [2.45, 2.75) is 51.5 Å². The third-order valence-corrected chi connectivity index (χ3v) is 4.82. The Morgan fingerprint density at radius 1 is 0.864 bits per heavy atom. The molecule has 0 aliphatic rings. The number of nitrogens with zero attached hydrogens (tertiary/aromatic N) is 1. The summed E-state index contributed by atoms with van der Waals surface area (Å²) in [5.74, 6) is 0. The van der Waals surface area contributed by atoms with E-state index in [9.17, 15) is 0 Å². The number of hydrogen-bond donors (Lipinski definition) is 1. The Hall–Kier alpha value is -0.643. The Morgan fingerprint density at radius 3 is 2.09 bits per heavy atom. The van der Waals surface area contributed by atoms with Gasteiger partial charge < -0.3 is 9.80 Å². The minimum absolute atomic E-state index is 1.11. The first kappa shape index (κ1) is 19.4. The molecule has 0 saturated heterocycles. The van der Waals surface area contributed by atoms with Crippen LogP contribution in [0, 0.1) is 0 Å². The molecule has 2 nitrogen and oxygen atoms in total. The largest absolute Gasteiger partial charge is 0.325 e. The minimum atomic E-state index is 1.11. The average Bonchev–Trinajstić information content (AvgIpc) is 2.49. The Balaban J connectivity index is 1.99. The Labute approximate surface area is 141 Å². The van der Waals surface area contributed by atoms with Gasteiger partial charge in [0, 0.05) is 15.8 Å². The summed E-state index contributed by atoms with van der Waals surface area (Å²) in [6, 6.07) is 10.9. The number of unbranched alkanes of at least 4 members (excludes halogenated alkanes) is 6. The van der Waals surface area contributed by atoms with Crippen LogP contribution in [0.2, 0.25) is 0 Å². The Morgan fingerprint density at radius 2 is 1.45 bits per heavy atom. The fraction of sp³-hybridized carbons (Fsp3) is 0.684. The lowest BCUT2D eigenvalue weighted by Gasteiger charge is -2.30. The highest BCUT2D eigenvalue weighted by Crippen LogP contribution is 2.13. The molecule has 0 aliphatic heterocycles. The highest BCUT2D eigenvalue weighted by Gasteiger charge is 2.14. The second kappa shape index (κ2) is 11.9. The number of hydrogen-bond acceptors (Lipinski definition) is 1. The van der Waals surface area contributed by atoms with Crippen molar-refractivity contribution in [3.8, 4) is 0 Å². The summed E-state index contributed by atoms with van der Waals surface area (Å²) in [6.07, 6.45) is 11.0. The van der Waals surface area contributed by atoms with Crippen LogP contribution in [0.5, 0.6) is 0 Å². The van der Waals surface area contributed by atoms with Crippen LogP contribution in [0.15, 0.2) is 30.3 Å². The average molecular weight is 322 g/mol. The van der Waals surface area contributed by atoms with Gasteiger partial charge in [-0.15, -0.1) is 0 Å². The fourth-order valence-electron chi connectivity index (χ4n) is 3.01. The summed E-state index contributed by atoms with van der Waals surface area (Å²) in [5, 5.41) is 3.46. The van der Waals surface area contributed by atoms with Crippen molar-refractivity contribution in [3.05, 3.63) is 35.9 Å². The summed E-state index contributed by atoms with van der Waals surface area (Å²) in [4.78, 5) is 0. The predicted octanol–water partition coefficient (Wildman–Crippen LogP) is 2.91. The molecular weight excluding hydrogens is 284 g/mol. The summed E-state index contributed by atoms with van der Waals surface area (Å²) in [7, 11) is 6.00. The van der Waals surface area contributed by atoms with Gasteiger partial charge in [0.05, 0.1) is 20.6 Å². The summed E-state index contributed by atoms with van der Waals surface area (Å²) < 4.78 is 1.11. The van der Waals surface area contributed by atoms with Gasteiger partial charge >= 0.3 is 0 Å². The van der Waals surface area contributed by atoms with Crippen molar-refractivity contribution < 1.29 is 4.48 Å². The van der Waals surface area contributed by atoms with Gasteiger partial charge in [0.25, 0.3) is 0 Å². The van der Waals surface area contributed by atoms with Gasteiger partial charge in [-0.05, 0) is 32.0 Å². The van der Waals surface area contributed by atoms with Crippen molar-refractivity contribution in [3.63, 3.8) is 0 Å². The normalized spacial score (nSPS) is 11.9. The molecule has 0 heterocycles. The van der Waals surface area contributed by atoms with Gasteiger partial charge in [-0.2, -0.15) is 0 Å². The van der Waals surface area contributed by atoms with Gasteiger partial charge in [0.15, 0.2) is 0 Å². The van der Waals surface area contributed by atoms with Crippen LogP contribution in [0.1, 0.15) is 50.5 Å². The van der Waals surface area contributed by atoms with Crippen LogP contribution in [0.25, 0.3) is 0 Å². The first-order valence-electron chi connectivity index (χ1n) is 9.21. The first-order valence-corrected chi connectivity index (χ1v) is 10.6. The van der Waals surface area contributed by atoms with E-state index in [1.54, 1.807) is 0 Å². The maximum atomic E-state index is 3.46. The van der Waals surface area contributed by atoms with E-state index in [4.69, 9.17) is 0 Å². The number of rotatable bonds is 13. The molecule has 0 radical (unpaired) electrons. The molecule has 1 aromatic carbocycles. The molecule has 22 heavy (non-hydrogen) atoms. The SMILES string of the molecule is C[N+](C)(CCCCCCCCCNC[SiH3])Cc1ccccc1. The van der Waals surface area contributed by atoms with Crippen molar-refractivity contribution in [2.75, 3.05) is 33.4 Å². The van der Waals surface area contributed by atoms with E-state index in [0.29, 0.717) is 0 Å². The molecule has 0 amide bonds. The van der Waals surface area contributed by atoms with Gasteiger partial charge in [0.1, 0.15) is 6.54 Å². The van der Waals surface area contributed by atoms with E-state index in [-0.39, 0.29) is 0 Å². The van der Waals surface area contributed by atoms with Gasteiger partial charge in [0.2, 0.25) is 0 Å². The topological polar surface area (TPSA) is 12.0 Å². The van der Waals surface area contributed by atoms with Gasteiger partial charge in [-0.25, -0.2) is 0 Å². The van der Waals surface area contributed by atoms with Gasteiger partial charge in [-0.3, -0.25) is 0 Å². The fourth-order valence-corrected chi connectivity index (χ4v) is 3.36. The van der Waals surface area contributed by atoms with Crippen LogP contribution < -0.4 is 5.32 Å². The molecule has 0 spiro atoms. The molecule has 0 unspecified atom stereocenters. The lowest BCUT2D eigenvalue weighted by atomic mass is 10.1. The molecule has 0 aromatic heterocycles. The van der Waals surface area contributed by atoms with E-state index in [1.807, 2.05) is 0 Å². The lowest BCUT2D eigenvalue weighted by molar-refractivity contribution is -0.903. The minimum Gasteiger partial charge on any atom is -0.325 e. The van der Waals surface area contributed by atoms with E-state index >= 15 is 0 Å². The van der Waals surface area contributed by atoms with E-state index in [1.165, 1.54) is 80.0 Å². The zero-order chi connectivity index (χ0) is 16.1. The summed E-state index contributed by atoms with van der Waals surface area (Å²) in [6.45, 7) is 3.67. The maximum Gasteiger partial charge on any atom is 0.104 e. The Bertz CT molecular complexity index is 365. The van der Waals surface area contributed by atoms with Crippen molar-refractivity contribution in [1.82, 2.24) is 5.32 Å². The zero-order valence-corrected chi connectivity index (χ0v) is 17.1.